The topological polar surface area (TPSA) is 49.8 Å². The van der Waals surface area contributed by atoms with Crippen LogP contribution in [-0.2, 0) is 11.3 Å². The summed E-state index contributed by atoms with van der Waals surface area (Å²) in [4.78, 5) is 17.8. The smallest absolute Gasteiger partial charge is 0.243 e. The Morgan fingerprint density at radius 3 is 3.04 bits per heavy atom. The van der Waals surface area contributed by atoms with Crippen LogP contribution in [0.3, 0.4) is 0 Å². The molecular weight excluding hydrogens is 328 g/mol. The van der Waals surface area contributed by atoms with Crippen molar-refractivity contribution in [1.82, 2.24) is 9.80 Å². The molecule has 1 spiro atoms. The van der Waals surface area contributed by atoms with Crippen molar-refractivity contribution in [3.05, 3.63) is 53.9 Å². The predicted molar refractivity (Wildman–Crippen MR) is 97.2 cm³/mol. The number of furan rings is 2. The number of rotatable bonds is 4. The van der Waals surface area contributed by atoms with Gasteiger partial charge in [0.1, 0.15) is 22.8 Å². The van der Waals surface area contributed by atoms with Crippen LogP contribution in [0.5, 0.6) is 0 Å². The van der Waals surface area contributed by atoms with Crippen LogP contribution in [0.25, 0.3) is 6.08 Å². The van der Waals surface area contributed by atoms with Crippen molar-refractivity contribution in [3.63, 3.8) is 0 Å². The fourth-order valence-corrected chi connectivity index (χ4v) is 5.30. The molecule has 2 aromatic rings. The average Bonchev–Trinajstić information content (AvgIpc) is 3.40. The van der Waals surface area contributed by atoms with Crippen LogP contribution in [0.4, 0.5) is 0 Å². The van der Waals surface area contributed by atoms with Crippen LogP contribution in [0, 0.1) is 12.8 Å². The van der Waals surface area contributed by atoms with Crippen LogP contribution in [0.1, 0.15) is 36.5 Å². The van der Waals surface area contributed by atoms with Gasteiger partial charge in [-0.15, -0.1) is 0 Å². The molecule has 3 saturated heterocycles. The molecule has 136 valence electrons. The Morgan fingerprint density at radius 2 is 2.27 bits per heavy atom. The van der Waals surface area contributed by atoms with Crippen molar-refractivity contribution in [2.45, 2.75) is 44.3 Å². The van der Waals surface area contributed by atoms with Gasteiger partial charge in [0.25, 0.3) is 0 Å². The molecule has 0 aliphatic carbocycles. The minimum absolute atomic E-state index is 0.292. The average molecular weight is 352 g/mol. The summed E-state index contributed by atoms with van der Waals surface area (Å²) in [6, 6.07) is 8.13. The van der Waals surface area contributed by atoms with Gasteiger partial charge >= 0.3 is 0 Å². The van der Waals surface area contributed by atoms with Gasteiger partial charge in [-0.05, 0) is 63.1 Å². The second-order valence-electron chi connectivity index (χ2n) is 7.79. The predicted octanol–water partition coefficient (Wildman–Crippen LogP) is 3.46. The number of carbonyl (C=O) groups excluding carboxylic acids is 1. The molecule has 1 amide bonds. The summed E-state index contributed by atoms with van der Waals surface area (Å²) in [7, 11) is 0. The van der Waals surface area contributed by atoms with Crippen molar-refractivity contribution in [2.24, 2.45) is 5.92 Å². The van der Waals surface area contributed by atoms with Crippen LogP contribution in [0.15, 0.2) is 45.4 Å². The summed E-state index contributed by atoms with van der Waals surface area (Å²) in [5.41, 5.74) is -0.292. The summed E-state index contributed by atoms with van der Waals surface area (Å²) in [5.74, 6) is 3.35. The zero-order valence-corrected chi connectivity index (χ0v) is 15.1. The maximum atomic E-state index is 13.4. The van der Waals surface area contributed by atoms with Crippen molar-refractivity contribution < 1.29 is 13.6 Å². The van der Waals surface area contributed by atoms with Gasteiger partial charge in [-0.2, -0.15) is 0 Å². The zero-order chi connectivity index (χ0) is 17.7. The lowest BCUT2D eigenvalue weighted by Gasteiger charge is -2.32. The van der Waals surface area contributed by atoms with Crippen LogP contribution in [0.2, 0.25) is 0 Å². The number of likely N-dealkylation sites (tertiary alicyclic amines) is 1. The fraction of sp³-hybridized carbons (Fsp3) is 0.476. The largest absolute Gasteiger partial charge is 0.465 e. The molecule has 3 aliphatic heterocycles. The standard InChI is InChI=1S/C21H24N2O3/c1-15-5-7-19(26-15)14-22-13-16-12-17(6-8-18-4-2-11-25-18)23-10-3-9-21(16,23)20(22)24/h2,4-8,11,16-17H,3,9-10,12-14H2,1H3/t16-,17+,21-/m0/s1. The van der Waals surface area contributed by atoms with E-state index in [0.717, 1.165) is 49.6 Å². The van der Waals surface area contributed by atoms with Crippen molar-refractivity contribution in [1.29, 1.82) is 0 Å². The first kappa shape index (κ1) is 15.9. The molecule has 2 aromatic heterocycles. The van der Waals surface area contributed by atoms with E-state index in [-0.39, 0.29) is 5.54 Å². The van der Waals surface area contributed by atoms with Gasteiger partial charge in [-0.25, -0.2) is 0 Å². The molecule has 0 aromatic carbocycles. The van der Waals surface area contributed by atoms with Crippen molar-refractivity contribution in [3.8, 4) is 0 Å². The minimum Gasteiger partial charge on any atom is -0.465 e. The summed E-state index contributed by atoms with van der Waals surface area (Å²) in [5, 5.41) is 0. The van der Waals surface area contributed by atoms with E-state index in [0.29, 0.717) is 24.4 Å². The SMILES string of the molecule is Cc1ccc(CN2C[C@@H]3C[C@@H](C=Cc4ccco4)N4CCC[C@@]34C2=O)o1. The van der Waals surface area contributed by atoms with Gasteiger partial charge in [-0.3, -0.25) is 9.69 Å². The highest BCUT2D eigenvalue weighted by Crippen LogP contribution is 2.51. The van der Waals surface area contributed by atoms with E-state index < -0.39 is 0 Å². The van der Waals surface area contributed by atoms with Gasteiger partial charge in [0, 0.05) is 18.5 Å². The third-order valence-corrected chi connectivity index (χ3v) is 6.34. The number of hydrogen-bond acceptors (Lipinski definition) is 4. The summed E-state index contributed by atoms with van der Waals surface area (Å²) in [6.45, 7) is 4.37. The third kappa shape index (κ3) is 2.30. The first-order valence-electron chi connectivity index (χ1n) is 9.50. The lowest BCUT2D eigenvalue weighted by Crippen LogP contribution is -2.50. The molecule has 0 radical (unpaired) electrons. The molecule has 0 saturated carbocycles. The highest BCUT2D eigenvalue weighted by atomic mass is 16.3. The third-order valence-electron chi connectivity index (χ3n) is 6.34. The van der Waals surface area contributed by atoms with Crippen LogP contribution in [-0.4, -0.2) is 40.4 Å². The van der Waals surface area contributed by atoms with Gasteiger partial charge in [0.15, 0.2) is 0 Å². The Hall–Kier alpha value is -2.27. The second-order valence-corrected chi connectivity index (χ2v) is 7.79. The number of carbonyl (C=O) groups is 1. The molecule has 0 bridgehead atoms. The lowest BCUT2D eigenvalue weighted by molar-refractivity contribution is -0.137. The number of hydrogen-bond donors (Lipinski definition) is 0. The highest BCUT2D eigenvalue weighted by molar-refractivity contribution is 5.90. The van der Waals surface area contributed by atoms with Crippen LogP contribution < -0.4 is 0 Å². The fourth-order valence-electron chi connectivity index (χ4n) is 5.30. The van der Waals surface area contributed by atoms with E-state index >= 15 is 0 Å². The Morgan fingerprint density at radius 1 is 1.35 bits per heavy atom. The minimum atomic E-state index is -0.292. The molecule has 0 N–H and O–H groups in total. The Labute approximate surface area is 153 Å². The Kier molecular flexibility index (Phi) is 3.60. The first-order valence-corrected chi connectivity index (χ1v) is 9.50. The maximum Gasteiger partial charge on any atom is 0.243 e. The van der Waals surface area contributed by atoms with E-state index in [9.17, 15) is 4.79 Å². The summed E-state index contributed by atoms with van der Waals surface area (Å²) < 4.78 is 11.1. The molecule has 3 fully saturated rings. The molecule has 26 heavy (non-hydrogen) atoms. The number of aryl methyl sites for hydroxylation is 1. The first-order chi connectivity index (χ1) is 12.7. The van der Waals surface area contributed by atoms with Gasteiger partial charge < -0.3 is 13.7 Å². The number of amides is 1. The van der Waals surface area contributed by atoms with E-state index in [4.69, 9.17) is 8.83 Å². The molecule has 3 atom stereocenters. The zero-order valence-electron chi connectivity index (χ0n) is 15.1. The second kappa shape index (κ2) is 5.88. The molecule has 5 rings (SSSR count). The monoisotopic (exact) mass is 352 g/mol. The van der Waals surface area contributed by atoms with E-state index in [1.165, 1.54) is 0 Å². The summed E-state index contributed by atoms with van der Waals surface area (Å²) in [6.07, 6.45) is 9.08. The van der Waals surface area contributed by atoms with Gasteiger partial charge in [0.05, 0.1) is 12.8 Å². The normalized spacial score (nSPS) is 31.3. The molecule has 3 aliphatic rings. The van der Waals surface area contributed by atoms with Crippen molar-refractivity contribution in [2.75, 3.05) is 13.1 Å². The molecule has 5 heterocycles. The maximum absolute atomic E-state index is 13.4. The Bertz CT molecular complexity index is 837. The van der Waals surface area contributed by atoms with E-state index in [2.05, 4.69) is 11.0 Å². The lowest BCUT2D eigenvalue weighted by atomic mass is 9.85. The quantitative estimate of drug-likeness (QED) is 0.846. The Balaban J connectivity index is 1.37. The van der Waals surface area contributed by atoms with Crippen molar-refractivity contribution >= 4 is 12.0 Å². The molecule has 5 heteroatoms. The molecular formula is C21H24N2O3. The van der Waals surface area contributed by atoms with E-state index in [1.54, 1.807) is 6.26 Å². The van der Waals surface area contributed by atoms with Crippen LogP contribution >= 0.6 is 0 Å². The highest BCUT2D eigenvalue weighted by Gasteiger charge is 2.64. The molecule has 0 unspecified atom stereocenters. The number of nitrogens with zero attached hydrogens (tertiary/aromatic N) is 2. The van der Waals surface area contributed by atoms with Gasteiger partial charge in [-0.1, -0.05) is 6.08 Å². The van der Waals surface area contributed by atoms with Gasteiger partial charge in [0.2, 0.25) is 5.91 Å². The summed E-state index contributed by atoms with van der Waals surface area (Å²) >= 11 is 0. The molecule has 5 nitrogen and oxygen atoms in total. The van der Waals surface area contributed by atoms with E-state index in [1.807, 2.05) is 42.2 Å².